The lowest BCUT2D eigenvalue weighted by Gasteiger charge is -2.27. The van der Waals surface area contributed by atoms with Crippen molar-refractivity contribution in [1.82, 2.24) is 15.0 Å². The molecule has 4 heterocycles. The average molecular weight is 397 g/mol. The number of para-hydroxylation sites is 1. The second kappa shape index (κ2) is 7.85. The molecule has 1 saturated heterocycles. The molecule has 1 aliphatic heterocycles. The van der Waals surface area contributed by atoms with Crippen LogP contribution in [0.4, 0.5) is 11.6 Å². The third-order valence-corrected chi connectivity index (χ3v) is 4.96. The summed E-state index contributed by atoms with van der Waals surface area (Å²) in [6, 6.07) is 13.6. The monoisotopic (exact) mass is 397 g/mol. The van der Waals surface area contributed by atoms with E-state index in [1.54, 1.807) is 6.20 Å². The normalized spacial score (nSPS) is 13.8. The molecule has 5 rings (SSSR count). The Kier molecular flexibility index (Phi) is 4.75. The Morgan fingerprint density at radius 1 is 0.967 bits per heavy atom. The number of nitrogen functional groups attached to an aromatic ring is 1. The van der Waals surface area contributed by atoms with Crippen LogP contribution < -0.4 is 10.6 Å². The molecule has 1 fully saturated rings. The number of aromatic nitrogens is 3. The molecule has 4 aromatic rings. The van der Waals surface area contributed by atoms with Crippen LogP contribution in [-0.2, 0) is 4.74 Å². The van der Waals surface area contributed by atoms with Gasteiger partial charge < -0.3 is 19.8 Å². The van der Waals surface area contributed by atoms with Crippen LogP contribution in [0.2, 0.25) is 0 Å². The van der Waals surface area contributed by atoms with Gasteiger partial charge in [-0.25, -0.2) is 15.0 Å². The molecule has 1 aliphatic rings. The molecule has 0 unspecified atom stereocenters. The fourth-order valence-corrected chi connectivity index (χ4v) is 3.41. The summed E-state index contributed by atoms with van der Waals surface area (Å²) in [4.78, 5) is 15.2. The van der Waals surface area contributed by atoms with Crippen LogP contribution in [0.3, 0.4) is 0 Å². The first kappa shape index (κ1) is 18.2. The number of anilines is 2. The van der Waals surface area contributed by atoms with Crippen LogP contribution in [0.1, 0.15) is 11.3 Å². The van der Waals surface area contributed by atoms with Gasteiger partial charge in [0.25, 0.3) is 0 Å². The number of furan rings is 1. The van der Waals surface area contributed by atoms with Crippen LogP contribution >= 0.6 is 0 Å². The summed E-state index contributed by atoms with van der Waals surface area (Å²) in [6.07, 6.45) is 3.18. The number of pyridine rings is 1. The van der Waals surface area contributed by atoms with Crippen molar-refractivity contribution in [1.29, 1.82) is 0 Å². The fourth-order valence-electron chi connectivity index (χ4n) is 3.41. The van der Waals surface area contributed by atoms with Crippen LogP contribution in [-0.4, -0.2) is 41.3 Å². The molecule has 7 heteroatoms. The summed E-state index contributed by atoms with van der Waals surface area (Å²) in [7, 11) is 0. The number of rotatable bonds is 2. The van der Waals surface area contributed by atoms with E-state index in [0.717, 1.165) is 48.7 Å². The van der Waals surface area contributed by atoms with Gasteiger partial charge in [0.05, 0.1) is 18.8 Å². The number of ether oxygens (including phenoxy) is 1. The highest BCUT2D eigenvalue weighted by Crippen LogP contribution is 2.32. The molecule has 30 heavy (non-hydrogen) atoms. The van der Waals surface area contributed by atoms with Crippen molar-refractivity contribution in [2.24, 2.45) is 0 Å². The Morgan fingerprint density at radius 2 is 1.83 bits per heavy atom. The van der Waals surface area contributed by atoms with Crippen molar-refractivity contribution in [2.75, 3.05) is 36.9 Å². The SMILES string of the molecule is Nc1ncnc(C#Cc2ccc(N3CCOCC3)nc2)c1-c1cc2ccccc2o1. The van der Waals surface area contributed by atoms with Gasteiger partial charge in [0.15, 0.2) is 0 Å². The Labute approximate surface area is 173 Å². The standard InChI is InChI=1S/C23H19N5O2/c24-23-22(20-13-17-3-1-2-4-19(17)30-20)18(26-15-27-23)7-5-16-6-8-21(25-14-16)28-9-11-29-12-10-28/h1-4,6,8,13-15H,9-12H2,(H2,24,26,27). The molecule has 7 nitrogen and oxygen atoms in total. The van der Waals surface area contributed by atoms with Gasteiger partial charge in [0, 0.05) is 30.2 Å². The van der Waals surface area contributed by atoms with E-state index in [1.165, 1.54) is 6.33 Å². The molecule has 1 aromatic carbocycles. The smallest absolute Gasteiger partial charge is 0.142 e. The molecule has 0 atom stereocenters. The Hall–Kier alpha value is -3.89. The lowest BCUT2D eigenvalue weighted by molar-refractivity contribution is 0.122. The van der Waals surface area contributed by atoms with Crippen LogP contribution in [0.25, 0.3) is 22.3 Å². The molecular formula is C23H19N5O2. The minimum absolute atomic E-state index is 0.328. The van der Waals surface area contributed by atoms with E-state index in [0.29, 0.717) is 22.8 Å². The molecule has 0 amide bonds. The van der Waals surface area contributed by atoms with E-state index in [1.807, 2.05) is 42.5 Å². The second-order valence-corrected chi connectivity index (χ2v) is 6.89. The molecule has 0 bridgehead atoms. The van der Waals surface area contributed by atoms with E-state index in [9.17, 15) is 0 Å². The first-order valence-corrected chi connectivity index (χ1v) is 9.68. The summed E-state index contributed by atoms with van der Waals surface area (Å²) >= 11 is 0. The number of hydrogen-bond donors (Lipinski definition) is 1. The van der Waals surface area contributed by atoms with Crippen LogP contribution in [0, 0.1) is 11.8 Å². The highest BCUT2D eigenvalue weighted by molar-refractivity contribution is 5.86. The van der Waals surface area contributed by atoms with Gasteiger partial charge in [0.2, 0.25) is 0 Å². The third kappa shape index (κ3) is 3.56. The van der Waals surface area contributed by atoms with Gasteiger partial charge in [-0.15, -0.1) is 0 Å². The molecule has 2 N–H and O–H groups in total. The van der Waals surface area contributed by atoms with Crippen molar-refractivity contribution in [3.63, 3.8) is 0 Å². The fraction of sp³-hybridized carbons (Fsp3) is 0.174. The summed E-state index contributed by atoms with van der Waals surface area (Å²) in [5, 5.41) is 0.984. The van der Waals surface area contributed by atoms with Crippen molar-refractivity contribution >= 4 is 22.6 Å². The summed E-state index contributed by atoms with van der Waals surface area (Å²) in [6.45, 7) is 3.14. The van der Waals surface area contributed by atoms with E-state index in [2.05, 4.69) is 31.7 Å². The van der Waals surface area contributed by atoms with Gasteiger partial charge in [-0.05, 0) is 30.2 Å². The summed E-state index contributed by atoms with van der Waals surface area (Å²) < 4.78 is 11.3. The van der Waals surface area contributed by atoms with Crippen molar-refractivity contribution in [3.05, 3.63) is 66.2 Å². The molecule has 0 saturated carbocycles. The zero-order valence-corrected chi connectivity index (χ0v) is 16.2. The van der Waals surface area contributed by atoms with Gasteiger partial charge in [-0.2, -0.15) is 0 Å². The third-order valence-electron chi connectivity index (χ3n) is 4.96. The maximum atomic E-state index is 6.14. The quantitative estimate of drug-likeness (QED) is 0.520. The number of nitrogens with two attached hydrogens (primary N) is 1. The summed E-state index contributed by atoms with van der Waals surface area (Å²) in [5.74, 6) is 8.07. The van der Waals surface area contributed by atoms with Crippen molar-refractivity contribution < 1.29 is 9.15 Å². The zero-order valence-electron chi connectivity index (χ0n) is 16.2. The highest BCUT2D eigenvalue weighted by Gasteiger charge is 2.15. The molecule has 0 radical (unpaired) electrons. The zero-order chi connectivity index (χ0) is 20.3. The topological polar surface area (TPSA) is 90.3 Å². The van der Waals surface area contributed by atoms with Gasteiger partial charge in [-0.3, -0.25) is 0 Å². The first-order chi connectivity index (χ1) is 14.8. The number of hydrogen-bond acceptors (Lipinski definition) is 7. The first-order valence-electron chi connectivity index (χ1n) is 9.68. The Balaban J connectivity index is 1.46. The molecule has 0 spiro atoms. The van der Waals surface area contributed by atoms with Gasteiger partial charge >= 0.3 is 0 Å². The van der Waals surface area contributed by atoms with E-state index in [-0.39, 0.29) is 0 Å². The highest BCUT2D eigenvalue weighted by atomic mass is 16.5. The van der Waals surface area contributed by atoms with E-state index in [4.69, 9.17) is 14.9 Å². The van der Waals surface area contributed by atoms with E-state index >= 15 is 0 Å². The summed E-state index contributed by atoms with van der Waals surface area (Å²) in [5.41, 5.74) is 8.82. The minimum atomic E-state index is 0.328. The van der Waals surface area contributed by atoms with Crippen LogP contribution in [0.15, 0.2) is 59.4 Å². The van der Waals surface area contributed by atoms with E-state index < -0.39 is 0 Å². The lowest BCUT2D eigenvalue weighted by Crippen LogP contribution is -2.36. The Morgan fingerprint density at radius 3 is 2.63 bits per heavy atom. The van der Waals surface area contributed by atoms with Gasteiger partial charge in [-0.1, -0.05) is 24.1 Å². The predicted octanol–water partition coefficient (Wildman–Crippen LogP) is 3.10. The maximum absolute atomic E-state index is 6.14. The largest absolute Gasteiger partial charge is 0.456 e. The molecule has 3 aromatic heterocycles. The maximum Gasteiger partial charge on any atom is 0.142 e. The molecular weight excluding hydrogens is 378 g/mol. The molecule has 0 aliphatic carbocycles. The average Bonchev–Trinajstić information content (AvgIpc) is 3.22. The van der Waals surface area contributed by atoms with Crippen molar-refractivity contribution in [3.8, 4) is 23.2 Å². The molecule has 148 valence electrons. The van der Waals surface area contributed by atoms with Gasteiger partial charge in [0.1, 0.15) is 35.0 Å². The van der Waals surface area contributed by atoms with Crippen LogP contribution in [0.5, 0.6) is 0 Å². The van der Waals surface area contributed by atoms with Crippen molar-refractivity contribution in [2.45, 2.75) is 0 Å². The number of nitrogens with zero attached hydrogens (tertiary/aromatic N) is 4. The second-order valence-electron chi connectivity index (χ2n) is 6.89. The lowest BCUT2D eigenvalue weighted by atomic mass is 10.1. The number of morpholine rings is 1. The predicted molar refractivity (Wildman–Crippen MR) is 115 cm³/mol. The minimum Gasteiger partial charge on any atom is -0.456 e. The Bertz CT molecular complexity index is 1220. The number of fused-ring (bicyclic) bond motifs is 1. The number of benzene rings is 1.